The Kier molecular flexibility index (Phi) is 6.83. The van der Waals surface area contributed by atoms with E-state index in [4.69, 9.17) is 23.8 Å². The van der Waals surface area contributed by atoms with Gasteiger partial charge in [-0.15, -0.1) is 0 Å². The quantitative estimate of drug-likeness (QED) is 0.176. The molecule has 57 heavy (non-hydrogen) atoms. The first-order chi connectivity index (χ1) is 28.2. The zero-order valence-electron chi connectivity index (χ0n) is 30.4. The first-order valence-corrected chi connectivity index (χ1v) is 19.0. The first kappa shape index (κ1) is 31.5. The van der Waals surface area contributed by atoms with E-state index in [1.807, 2.05) is 66.7 Å². The number of benzene rings is 8. The second kappa shape index (κ2) is 12.3. The second-order valence-electron chi connectivity index (χ2n) is 14.4. The molecule has 266 valence electrons. The van der Waals surface area contributed by atoms with Crippen LogP contribution >= 0.6 is 0 Å². The van der Waals surface area contributed by atoms with Crippen molar-refractivity contribution < 1.29 is 8.83 Å². The number of furan rings is 2. The Bertz CT molecular complexity index is 3470. The minimum absolute atomic E-state index is 0.502. The Hall–Kier alpha value is -7.83. The molecule has 0 spiro atoms. The molecule has 0 radical (unpaired) electrons. The summed E-state index contributed by atoms with van der Waals surface area (Å²) < 4.78 is 15.7. The highest BCUT2D eigenvalue weighted by Crippen LogP contribution is 2.42. The summed E-state index contributed by atoms with van der Waals surface area (Å²) in [6.45, 7) is 0. The zero-order valence-corrected chi connectivity index (χ0v) is 30.4. The van der Waals surface area contributed by atoms with E-state index >= 15 is 0 Å². The van der Waals surface area contributed by atoms with Crippen molar-refractivity contribution in [3.63, 3.8) is 0 Å². The SMILES string of the molecule is c1ccc(-c2ccc3oc4c(-c5nc(-c6ccccc6)nc(-c6cccc7c6oc6ccccc67)n5)cc(-n5c6ccccc6c6ccccc65)cc4c3c2)cc1. The third-order valence-electron chi connectivity index (χ3n) is 11.1. The van der Waals surface area contributed by atoms with Crippen molar-refractivity contribution in [3.8, 4) is 51.0 Å². The monoisotopic (exact) mass is 730 g/mol. The van der Waals surface area contributed by atoms with Crippen molar-refractivity contribution in [1.82, 2.24) is 19.5 Å². The molecule has 0 saturated carbocycles. The summed E-state index contributed by atoms with van der Waals surface area (Å²) in [5.74, 6) is 1.57. The fourth-order valence-electron chi connectivity index (χ4n) is 8.43. The van der Waals surface area contributed by atoms with E-state index in [1.54, 1.807) is 0 Å². The maximum atomic E-state index is 6.85. The van der Waals surface area contributed by atoms with Crippen LogP contribution in [0, 0.1) is 0 Å². The number of aromatic nitrogens is 4. The number of fused-ring (bicyclic) bond motifs is 9. The standard InChI is InChI=1S/C51H30N4O2/c1-3-14-31(15-4-1)33-26-27-46-40(28-33)41-29-34(55-43-23-10-7-18-35(43)36-19-8-11-24-44(36)55)30-42(48(41)57-46)51-53-49(32-16-5-2-6-17-32)52-50(54-51)39-22-13-21-38-37-20-9-12-25-45(37)56-47(38)39/h1-30H. The van der Waals surface area contributed by atoms with Crippen LogP contribution in [-0.2, 0) is 0 Å². The molecule has 4 aromatic heterocycles. The molecular weight excluding hydrogens is 701 g/mol. The van der Waals surface area contributed by atoms with Gasteiger partial charge in [0.1, 0.15) is 22.3 Å². The van der Waals surface area contributed by atoms with Crippen molar-refractivity contribution in [2.45, 2.75) is 0 Å². The summed E-state index contributed by atoms with van der Waals surface area (Å²) in [6, 6.07) is 62.7. The minimum Gasteiger partial charge on any atom is -0.455 e. The van der Waals surface area contributed by atoms with Crippen molar-refractivity contribution in [3.05, 3.63) is 182 Å². The van der Waals surface area contributed by atoms with E-state index in [0.717, 1.165) is 82.8 Å². The Morgan fingerprint density at radius 1 is 0.333 bits per heavy atom. The molecule has 4 heterocycles. The Morgan fingerprint density at radius 2 is 0.895 bits per heavy atom. The first-order valence-electron chi connectivity index (χ1n) is 19.0. The maximum absolute atomic E-state index is 6.85. The topological polar surface area (TPSA) is 69.9 Å². The van der Waals surface area contributed by atoms with Crippen LogP contribution in [0.1, 0.15) is 0 Å². The van der Waals surface area contributed by atoms with Crippen LogP contribution in [-0.4, -0.2) is 19.5 Å². The molecule has 0 amide bonds. The lowest BCUT2D eigenvalue weighted by atomic mass is 10.0. The number of rotatable bonds is 5. The number of hydrogen-bond donors (Lipinski definition) is 0. The van der Waals surface area contributed by atoms with Crippen LogP contribution < -0.4 is 0 Å². The summed E-state index contributed by atoms with van der Waals surface area (Å²) in [5, 5.41) is 6.41. The zero-order chi connectivity index (χ0) is 37.5. The van der Waals surface area contributed by atoms with E-state index in [9.17, 15) is 0 Å². The van der Waals surface area contributed by atoms with Crippen LogP contribution in [0.15, 0.2) is 191 Å². The summed E-state index contributed by atoms with van der Waals surface area (Å²) in [5.41, 5.74) is 10.9. The highest BCUT2D eigenvalue weighted by molar-refractivity contribution is 6.14. The van der Waals surface area contributed by atoms with Gasteiger partial charge in [-0.1, -0.05) is 133 Å². The lowest BCUT2D eigenvalue weighted by Gasteiger charge is -2.12. The molecule has 0 saturated heterocycles. The molecule has 8 aromatic carbocycles. The molecule has 0 N–H and O–H groups in total. The van der Waals surface area contributed by atoms with E-state index in [0.29, 0.717) is 23.1 Å². The van der Waals surface area contributed by atoms with Crippen molar-refractivity contribution in [2.24, 2.45) is 0 Å². The average molecular weight is 731 g/mol. The molecule has 12 rings (SSSR count). The van der Waals surface area contributed by atoms with Crippen LogP contribution in [0.3, 0.4) is 0 Å². The van der Waals surface area contributed by atoms with Gasteiger partial charge in [0.15, 0.2) is 17.5 Å². The highest BCUT2D eigenvalue weighted by atomic mass is 16.3. The summed E-state index contributed by atoms with van der Waals surface area (Å²) >= 11 is 0. The van der Waals surface area contributed by atoms with Crippen LogP contribution in [0.5, 0.6) is 0 Å². The van der Waals surface area contributed by atoms with Gasteiger partial charge in [-0.3, -0.25) is 0 Å². The number of hydrogen-bond acceptors (Lipinski definition) is 5. The summed E-state index contributed by atoms with van der Waals surface area (Å²) in [7, 11) is 0. The van der Waals surface area contributed by atoms with Crippen LogP contribution in [0.4, 0.5) is 0 Å². The van der Waals surface area contributed by atoms with Gasteiger partial charge < -0.3 is 13.4 Å². The van der Waals surface area contributed by atoms with Crippen molar-refractivity contribution in [2.75, 3.05) is 0 Å². The van der Waals surface area contributed by atoms with Gasteiger partial charge in [0.25, 0.3) is 0 Å². The van der Waals surface area contributed by atoms with Gasteiger partial charge >= 0.3 is 0 Å². The molecule has 6 heteroatoms. The van der Waals surface area contributed by atoms with Crippen molar-refractivity contribution in [1.29, 1.82) is 0 Å². The van der Waals surface area contributed by atoms with E-state index in [2.05, 4.69) is 120 Å². The molecular formula is C51H30N4O2. The third kappa shape index (κ3) is 4.94. The van der Waals surface area contributed by atoms with Gasteiger partial charge in [-0.2, -0.15) is 0 Å². The highest BCUT2D eigenvalue weighted by Gasteiger charge is 2.23. The Balaban J connectivity index is 1.18. The van der Waals surface area contributed by atoms with Gasteiger partial charge in [-0.05, 0) is 59.7 Å². The average Bonchev–Trinajstić information content (AvgIpc) is 3.96. The smallest absolute Gasteiger partial charge is 0.167 e. The van der Waals surface area contributed by atoms with Gasteiger partial charge in [0.2, 0.25) is 0 Å². The van der Waals surface area contributed by atoms with Gasteiger partial charge in [0, 0.05) is 43.6 Å². The van der Waals surface area contributed by atoms with Gasteiger partial charge in [-0.25, -0.2) is 15.0 Å². The second-order valence-corrected chi connectivity index (χ2v) is 14.4. The van der Waals surface area contributed by atoms with Crippen LogP contribution in [0.2, 0.25) is 0 Å². The Morgan fingerprint density at radius 3 is 1.63 bits per heavy atom. The predicted molar refractivity (Wildman–Crippen MR) is 230 cm³/mol. The minimum atomic E-state index is 0.502. The van der Waals surface area contributed by atoms with Crippen LogP contribution in [0.25, 0.3) is 117 Å². The number of nitrogens with zero attached hydrogens (tertiary/aromatic N) is 4. The molecule has 0 atom stereocenters. The molecule has 6 nitrogen and oxygen atoms in total. The van der Waals surface area contributed by atoms with Crippen molar-refractivity contribution >= 4 is 65.7 Å². The third-order valence-corrected chi connectivity index (χ3v) is 11.1. The molecule has 0 aliphatic heterocycles. The Labute approximate surface area is 325 Å². The normalized spacial score (nSPS) is 11.9. The van der Waals surface area contributed by atoms with E-state index in [1.165, 1.54) is 10.8 Å². The van der Waals surface area contributed by atoms with E-state index in [-0.39, 0.29) is 0 Å². The summed E-state index contributed by atoms with van der Waals surface area (Å²) in [6.07, 6.45) is 0. The molecule has 0 bridgehead atoms. The molecule has 0 unspecified atom stereocenters. The van der Waals surface area contributed by atoms with E-state index < -0.39 is 0 Å². The summed E-state index contributed by atoms with van der Waals surface area (Å²) in [4.78, 5) is 15.7. The fraction of sp³-hybridized carbons (Fsp3) is 0. The molecule has 0 aliphatic carbocycles. The lowest BCUT2D eigenvalue weighted by molar-refractivity contribution is 0.669. The number of para-hydroxylation sites is 4. The predicted octanol–water partition coefficient (Wildman–Crippen LogP) is 13.4. The molecule has 0 fully saturated rings. The maximum Gasteiger partial charge on any atom is 0.167 e. The molecule has 0 aliphatic rings. The molecule has 12 aromatic rings. The lowest BCUT2D eigenvalue weighted by Crippen LogP contribution is -2.01. The fourth-order valence-corrected chi connectivity index (χ4v) is 8.43. The van der Waals surface area contributed by atoms with Gasteiger partial charge in [0.05, 0.1) is 22.2 Å². The largest absolute Gasteiger partial charge is 0.455 e.